The van der Waals surface area contributed by atoms with E-state index < -0.39 is 6.10 Å². The zero-order valence-corrected chi connectivity index (χ0v) is 9.26. The average Bonchev–Trinajstić information content (AvgIpc) is 3.14. The minimum atomic E-state index is -0.502. The van der Waals surface area contributed by atoms with E-state index in [4.69, 9.17) is 14.2 Å². The number of methoxy groups -OCH3 is 1. The second-order valence-electron chi connectivity index (χ2n) is 3.80. The maximum atomic E-state index is 9.48. The third-order valence-electron chi connectivity index (χ3n) is 2.50. The van der Waals surface area contributed by atoms with Crippen LogP contribution in [0, 0.1) is 0 Å². The molecule has 0 aliphatic carbocycles. The Bertz CT molecular complexity index is 318. The number of epoxide rings is 1. The van der Waals surface area contributed by atoms with E-state index >= 15 is 0 Å². The van der Waals surface area contributed by atoms with Gasteiger partial charge in [0.05, 0.1) is 26.9 Å². The monoisotopic (exact) mass is 224 g/mol. The Labute approximate surface area is 94.8 Å². The highest BCUT2D eigenvalue weighted by molar-refractivity contribution is 5.26. The number of hydrogen-bond acceptors (Lipinski definition) is 4. The normalized spacial score (nSPS) is 20.5. The van der Waals surface area contributed by atoms with Crippen molar-refractivity contribution in [3.05, 3.63) is 29.8 Å². The van der Waals surface area contributed by atoms with E-state index in [0.717, 1.165) is 11.3 Å². The summed E-state index contributed by atoms with van der Waals surface area (Å²) in [5, 5.41) is 9.48. The lowest BCUT2D eigenvalue weighted by Crippen LogP contribution is -2.21. The highest BCUT2D eigenvalue weighted by Crippen LogP contribution is 2.15. The largest absolute Gasteiger partial charge is 0.497 e. The van der Waals surface area contributed by atoms with E-state index in [2.05, 4.69) is 0 Å². The lowest BCUT2D eigenvalue weighted by molar-refractivity contribution is 0.0148. The molecule has 1 aliphatic rings. The Morgan fingerprint density at radius 2 is 2.12 bits per heavy atom. The van der Waals surface area contributed by atoms with Crippen molar-refractivity contribution < 1.29 is 19.3 Å². The maximum Gasteiger partial charge on any atom is 0.118 e. The van der Waals surface area contributed by atoms with E-state index in [1.807, 2.05) is 24.3 Å². The molecule has 88 valence electrons. The predicted octanol–water partition coefficient (Wildman–Crippen LogP) is 0.971. The SMILES string of the molecule is COc1ccc(COC[C@H](O)[C@@H]2CO2)cc1. The lowest BCUT2D eigenvalue weighted by atomic mass is 10.2. The summed E-state index contributed by atoms with van der Waals surface area (Å²) in [6.07, 6.45) is -0.519. The van der Waals surface area contributed by atoms with Crippen LogP contribution in [-0.2, 0) is 16.1 Å². The Morgan fingerprint density at radius 1 is 1.44 bits per heavy atom. The minimum absolute atomic E-state index is 0.0177. The molecule has 16 heavy (non-hydrogen) atoms. The van der Waals surface area contributed by atoms with Crippen LogP contribution in [0.2, 0.25) is 0 Å². The van der Waals surface area contributed by atoms with Crippen LogP contribution in [0.3, 0.4) is 0 Å². The average molecular weight is 224 g/mol. The molecule has 0 bridgehead atoms. The fourth-order valence-corrected chi connectivity index (χ4v) is 1.40. The summed E-state index contributed by atoms with van der Waals surface area (Å²) < 4.78 is 15.4. The van der Waals surface area contributed by atoms with Crippen molar-refractivity contribution in [1.29, 1.82) is 0 Å². The summed E-state index contributed by atoms with van der Waals surface area (Å²) in [5.41, 5.74) is 1.06. The van der Waals surface area contributed by atoms with Crippen molar-refractivity contribution in [3.63, 3.8) is 0 Å². The highest BCUT2D eigenvalue weighted by atomic mass is 16.6. The Hall–Kier alpha value is -1.10. The highest BCUT2D eigenvalue weighted by Gasteiger charge is 2.31. The van der Waals surface area contributed by atoms with Crippen molar-refractivity contribution in [2.45, 2.75) is 18.8 Å². The van der Waals surface area contributed by atoms with Crippen molar-refractivity contribution in [2.24, 2.45) is 0 Å². The molecule has 1 saturated heterocycles. The van der Waals surface area contributed by atoms with Gasteiger partial charge in [-0.15, -0.1) is 0 Å². The summed E-state index contributed by atoms with van der Waals surface area (Å²) in [7, 11) is 1.64. The molecular weight excluding hydrogens is 208 g/mol. The van der Waals surface area contributed by atoms with Crippen molar-refractivity contribution in [3.8, 4) is 5.75 Å². The van der Waals surface area contributed by atoms with Gasteiger partial charge in [0.15, 0.2) is 0 Å². The molecule has 1 aromatic carbocycles. The Balaban J connectivity index is 1.71. The first-order valence-electron chi connectivity index (χ1n) is 5.30. The molecule has 1 N–H and O–H groups in total. The smallest absolute Gasteiger partial charge is 0.118 e. The molecular formula is C12H16O4. The van der Waals surface area contributed by atoms with Crippen molar-refractivity contribution in [1.82, 2.24) is 0 Å². The molecule has 2 rings (SSSR count). The molecule has 4 nitrogen and oxygen atoms in total. The van der Waals surface area contributed by atoms with Gasteiger partial charge in [-0.2, -0.15) is 0 Å². The predicted molar refractivity (Wildman–Crippen MR) is 58.4 cm³/mol. The molecule has 0 aromatic heterocycles. The molecule has 1 heterocycles. The Morgan fingerprint density at radius 3 is 2.69 bits per heavy atom. The molecule has 0 spiro atoms. The van der Waals surface area contributed by atoms with Crippen molar-refractivity contribution in [2.75, 3.05) is 20.3 Å². The summed E-state index contributed by atoms with van der Waals surface area (Å²) in [5.74, 6) is 0.829. The first-order chi connectivity index (χ1) is 7.79. The van der Waals surface area contributed by atoms with Gasteiger partial charge in [0, 0.05) is 0 Å². The van der Waals surface area contributed by atoms with Gasteiger partial charge >= 0.3 is 0 Å². The molecule has 0 amide bonds. The van der Waals surface area contributed by atoms with E-state index in [9.17, 15) is 5.11 Å². The van der Waals surface area contributed by atoms with Gasteiger partial charge in [-0.25, -0.2) is 0 Å². The van der Waals surface area contributed by atoms with Gasteiger partial charge in [-0.05, 0) is 17.7 Å². The molecule has 2 atom stereocenters. The zero-order valence-electron chi connectivity index (χ0n) is 9.26. The second-order valence-corrected chi connectivity index (χ2v) is 3.80. The van der Waals surface area contributed by atoms with Gasteiger partial charge in [-0.3, -0.25) is 0 Å². The summed E-state index contributed by atoms with van der Waals surface area (Å²) >= 11 is 0. The fourth-order valence-electron chi connectivity index (χ4n) is 1.40. The molecule has 1 aromatic rings. The van der Waals surface area contributed by atoms with E-state index in [0.29, 0.717) is 19.8 Å². The molecule has 1 aliphatic heterocycles. The number of rotatable bonds is 6. The Kier molecular flexibility index (Phi) is 3.77. The number of aliphatic hydroxyl groups excluding tert-OH is 1. The topological polar surface area (TPSA) is 51.2 Å². The fraction of sp³-hybridized carbons (Fsp3) is 0.500. The molecule has 0 radical (unpaired) electrons. The van der Waals surface area contributed by atoms with Gasteiger partial charge in [0.1, 0.15) is 18.0 Å². The third-order valence-corrected chi connectivity index (χ3v) is 2.50. The van der Waals surface area contributed by atoms with Crippen LogP contribution >= 0.6 is 0 Å². The van der Waals surface area contributed by atoms with Crippen LogP contribution in [0.25, 0.3) is 0 Å². The summed E-state index contributed by atoms with van der Waals surface area (Å²) in [6, 6.07) is 7.66. The number of benzene rings is 1. The van der Waals surface area contributed by atoms with Crippen LogP contribution in [0.15, 0.2) is 24.3 Å². The lowest BCUT2D eigenvalue weighted by Gasteiger charge is -2.08. The third kappa shape index (κ3) is 3.20. The van der Waals surface area contributed by atoms with Gasteiger partial charge in [0.25, 0.3) is 0 Å². The van der Waals surface area contributed by atoms with Crippen LogP contribution in [-0.4, -0.2) is 37.6 Å². The molecule has 1 fully saturated rings. The van der Waals surface area contributed by atoms with Gasteiger partial charge in [0.2, 0.25) is 0 Å². The first-order valence-corrected chi connectivity index (χ1v) is 5.30. The van der Waals surface area contributed by atoms with E-state index in [-0.39, 0.29) is 6.10 Å². The van der Waals surface area contributed by atoms with Crippen LogP contribution in [0.1, 0.15) is 5.56 Å². The summed E-state index contributed by atoms with van der Waals surface area (Å²) in [4.78, 5) is 0. The van der Waals surface area contributed by atoms with Crippen LogP contribution < -0.4 is 4.74 Å². The van der Waals surface area contributed by atoms with Crippen LogP contribution in [0.5, 0.6) is 5.75 Å². The van der Waals surface area contributed by atoms with E-state index in [1.165, 1.54) is 0 Å². The van der Waals surface area contributed by atoms with Crippen LogP contribution in [0.4, 0.5) is 0 Å². The second kappa shape index (κ2) is 5.30. The molecule has 4 heteroatoms. The number of aliphatic hydroxyl groups is 1. The van der Waals surface area contributed by atoms with Gasteiger partial charge < -0.3 is 19.3 Å². The van der Waals surface area contributed by atoms with E-state index in [1.54, 1.807) is 7.11 Å². The maximum absolute atomic E-state index is 9.48. The molecule has 0 unspecified atom stereocenters. The first kappa shape index (κ1) is 11.4. The van der Waals surface area contributed by atoms with Crippen molar-refractivity contribution >= 4 is 0 Å². The minimum Gasteiger partial charge on any atom is -0.497 e. The zero-order chi connectivity index (χ0) is 11.4. The molecule has 0 saturated carbocycles. The summed E-state index contributed by atoms with van der Waals surface area (Å²) in [6.45, 7) is 1.46. The van der Waals surface area contributed by atoms with Gasteiger partial charge in [-0.1, -0.05) is 12.1 Å². The standard InChI is InChI=1S/C12H16O4/c1-14-10-4-2-9(3-5-10)6-15-7-11(13)12-8-16-12/h2-5,11-13H,6-8H2,1H3/t11-,12-/m0/s1. The number of hydrogen-bond donors (Lipinski definition) is 1. The number of ether oxygens (including phenoxy) is 3. The quantitative estimate of drug-likeness (QED) is 0.732.